The highest BCUT2D eigenvalue weighted by Crippen LogP contribution is 2.49. The first-order valence-corrected chi connectivity index (χ1v) is 24.7. The van der Waals surface area contributed by atoms with Crippen LogP contribution in [0.3, 0.4) is 0 Å². The summed E-state index contributed by atoms with van der Waals surface area (Å²) in [4.78, 5) is 11.7. The quantitative estimate of drug-likeness (QED) is 0.00765. The van der Waals surface area contributed by atoms with Crippen molar-refractivity contribution in [2.75, 3.05) is 35.8 Å². The number of nitrogens with one attached hydrogen (secondary N) is 1. The number of hydrogen-bond acceptors (Lipinski definition) is 25. The van der Waals surface area contributed by atoms with Gasteiger partial charge in [0, 0.05) is 11.3 Å². The smallest absolute Gasteiger partial charge is 0.397 e. The fraction of sp³-hybridized carbons (Fsp3) is 0.121. The number of carbonyl (C=O) groups is 1. The van der Waals surface area contributed by atoms with Gasteiger partial charge >= 0.3 is 10.4 Å². The van der Waals surface area contributed by atoms with Gasteiger partial charge in [-0.3, -0.25) is 18.1 Å². The van der Waals surface area contributed by atoms with Crippen molar-refractivity contribution in [2.24, 2.45) is 20.5 Å². The third-order valence-electron chi connectivity index (χ3n) is 8.16. The topological polar surface area (TPSA) is 398 Å². The molecule has 5 rings (SSSR count). The fourth-order valence-corrected chi connectivity index (χ4v) is 9.44. The highest BCUT2D eigenvalue weighted by atomic mass is 32.3. The Bertz CT molecular complexity index is 3090. The number of nitrogens with zero attached hydrogens (tertiary/aromatic N) is 4. The Morgan fingerprint density at radius 2 is 1.35 bits per heavy atom. The number of aromatic hydroxyl groups is 1. The first-order valence-electron chi connectivity index (χ1n) is 17.2. The molecular weight excluding hydrogens is 993 g/mol. The molecule has 0 radical (unpaired) electrons. The number of nitrogen functional groups attached to an aromatic ring is 1. The van der Waals surface area contributed by atoms with E-state index in [1.54, 1.807) is 0 Å². The Labute approximate surface area is 375 Å². The van der Waals surface area contributed by atoms with Gasteiger partial charge in [0.15, 0.2) is 37.7 Å². The molecule has 32 heteroatoms. The lowest BCUT2D eigenvalue weighted by atomic mass is 10.1. The number of amides is 1. The van der Waals surface area contributed by atoms with Gasteiger partial charge in [-0.25, -0.2) is 31.5 Å². The van der Waals surface area contributed by atoms with Crippen LogP contribution in [0, 0.1) is 0 Å². The van der Waals surface area contributed by atoms with Gasteiger partial charge in [0.2, 0.25) is 0 Å². The van der Waals surface area contributed by atoms with E-state index in [2.05, 4.69) is 48.7 Å². The van der Waals surface area contributed by atoms with Crippen molar-refractivity contribution in [1.29, 1.82) is 0 Å². The maximum atomic E-state index is 13.2. The molecule has 0 unspecified atom stereocenters. The van der Waals surface area contributed by atoms with Crippen molar-refractivity contribution in [3.05, 3.63) is 90.5 Å². The zero-order chi connectivity index (χ0) is 47.6. The highest BCUT2D eigenvalue weighted by molar-refractivity contribution is 7.94. The number of carbonyl (C=O) groups excluding carboxylic acids is 1. The predicted octanol–water partition coefficient (Wildman–Crippen LogP) is 6.25. The standard InChI is InChI=1S/C33H30N6O20S6/c34-29-28-20(16-26(60-58-56-42)30(32(28)40)38-36-21-7-9-24(10-8-21)62(44,45)13-11-54-61-59-57-43)17-27(64(48,49)50)31(29)39-37-23-5-1-3-19(15-23)33(41)35-22-4-2-6-25(18-22)63(46,47)14-12-55-65(51,52)53/h1-10,15-18,40,42-43H,11-14,34H2,(H,35,41)(H,48,49,50)(H,51,52,53). The highest BCUT2D eigenvalue weighted by Gasteiger charge is 2.26. The van der Waals surface area contributed by atoms with Gasteiger partial charge in [-0.05, 0) is 78.2 Å². The summed E-state index contributed by atoms with van der Waals surface area (Å²) in [7, 11) is -18.0. The van der Waals surface area contributed by atoms with Gasteiger partial charge in [-0.2, -0.15) is 27.1 Å². The van der Waals surface area contributed by atoms with Crippen LogP contribution >= 0.6 is 24.4 Å². The van der Waals surface area contributed by atoms with Gasteiger partial charge in [0.05, 0.1) is 73.9 Å². The van der Waals surface area contributed by atoms with Gasteiger partial charge in [-0.15, -0.1) is 18.9 Å². The fourth-order valence-electron chi connectivity index (χ4n) is 5.33. The molecule has 0 aliphatic heterocycles. The van der Waals surface area contributed by atoms with Crippen LogP contribution in [0.25, 0.3) is 10.8 Å². The molecule has 0 aliphatic rings. The summed E-state index contributed by atoms with van der Waals surface area (Å²) < 4.78 is 134. The molecule has 8 N–H and O–H groups in total. The number of azo groups is 2. The average molecular weight is 1020 g/mol. The number of nitrogens with two attached hydrogens (primary N) is 1. The number of anilines is 2. The van der Waals surface area contributed by atoms with Crippen LogP contribution in [0.4, 0.5) is 34.1 Å². The Kier molecular flexibility index (Phi) is 17.0. The molecule has 5 aromatic carbocycles. The third kappa shape index (κ3) is 13.9. The lowest BCUT2D eigenvalue weighted by molar-refractivity contribution is -0.434. The molecular formula is C33H30N6O20S6. The van der Waals surface area contributed by atoms with Crippen molar-refractivity contribution in [3.8, 4) is 5.75 Å². The van der Waals surface area contributed by atoms with E-state index in [9.17, 15) is 48.1 Å². The molecule has 348 valence electrons. The third-order valence-corrected chi connectivity index (χ3v) is 13.9. The molecule has 0 spiro atoms. The van der Waals surface area contributed by atoms with E-state index < -0.39 is 91.9 Å². The van der Waals surface area contributed by atoms with Crippen molar-refractivity contribution in [3.63, 3.8) is 0 Å². The normalized spacial score (nSPS) is 12.7. The summed E-state index contributed by atoms with van der Waals surface area (Å²) in [6, 6.07) is 17.1. The van der Waals surface area contributed by atoms with Gasteiger partial charge in [0.1, 0.15) is 16.3 Å². The number of hydrogen-bond donors (Lipinski definition) is 7. The first-order chi connectivity index (χ1) is 30.6. The van der Waals surface area contributed by atoms with Crippen molar-refractivity contribution in [1.82, 2.24) is 0 Å². The van der Waals surface area contributed by atoms with Crippen molar-refractivity contribution in [2.45, 2.75) is 19.6 Å². The summed E-state index contributed by atoms with van der Waals surface area (Å²) in [6.45, 7) is -1.22. The number of fused-ring (bicyclic) bond motifs is 1. The van der Waals surface area contributed by atoms with Crippen LogP contribution in [0.1, 0.15) is 10.4 Å². The van der Waals surface area contributed by atoms with Crippen molar-refractivity contribution < 1.29 is 90.3 Å². The van der Waals surface area contributed by atoms with E-state index >= 15 is 0 Å². The monoisotopic (exact) mass is 1020 g/mol. The molecule has 0 atom stereocenters. The zero-order valence-corrected chi connectivity index (χ0v) is 37.0. The lowest BCUT2D eigenvalue weighted by Gasteiger charge is -2.14. The second-order valence-electron chi connectivity index (χ2n) is 12.4. The molecule has 0 aliphatic carbocycles. The van der Waals surface area contributed by atoms with Crippen LogP contribution in [0.2, 0.25) is 0 Å². The summed E-state index contributed by atoms with van der Waals surface area (Å²) in [5.41, 5.74) is 4.64. The average Bonchev–Trinajstić information content (AvgIpc) is 3.24. The second kappa shape index (κ2) is 21.8. The molecule has 26 nitrogen and oxygen atoms in total. The Morgan fingerprint density at radius 3 is 2.03 bits per heavy atom. The minimum absolute atomic E-state index is 0.00104. The Hall–Kier alpha value is -5.27. The number of phenolic OH excluding ortho intramolecular Hbond substituents is 1. The lowest BCUT2D eigenvalue weighted by Crippen LogP contribution is -2.16. The van der Waals surface area contributed by atoms with E-state index in [-0.39, 0.29) is 79.1 Å². The number of benzene rings is 5. The summed E-state index contributed by atoms with van der Waals surface area (Å²) >= 11 is 0.475. The van der Waals surface area contributed by atoms with Gasteiger partial charge in [-0.1, -0.05) is 22.2 Å². The van der Waals surface area contributed by atoms with Crippen LogP contribution in [0.5, 0.6) is 5.75 Å². The van der Waals surface area contributed by atoms with E-state index in [0.717, 1.165) is 12.1 Å². The molecule has 0 aromatic heterocycles. The number of rotatable bonds is 22. The van der Waals surface area contributed by atoms with Crippen LogP contribution in [-0.4, -0.2) is 89.0 Å². The van der Waals surface area contributed by atoms with Crippen LogP contribution in [0.15, 0.2) is 125 Å². The molecule has 1 amide bonds. The van der Waals surface area contributed by atoms with E-state index in [0.29, 0.717) is 0 Å². The predicted molar refractivity (Wildman–Crippen MR) is 226 cm³/mol. The molecule has 65 heavy (non-hydrogen) atoms. The molecule has 0 bridgehead atoms. The molecule has 0 saturated carbocycles. The SMILES string of the molecule is Nc1c(N=Nc2cccc(C(=O)Nc3cccc(S(=O)(=O)CCOS(=O)(=O)O)c3)c2)c(S(=O)(=O)O)cc2cc(SOOO)c(N=Nc3ccc(S(=O)(=O)CCOSOOO)cc3)c(O)c12. The molecule has 0 heterocycles. The van der Waals surface area contributed by atoms with Gasteiger partial charge in [0.25, 0.3) is 16.0 Å². The van der Waals surface area contributed by atoms with E-state index in [4.69, 9.17) is 25.0 Å². The van der Waals surface area contributed by atoms with E-state index in [1.165, 1.54) is 72.8 Å². The Balaban J connectivity index is 1.45. The Morgan fingerprint density at radius 1 is 0.708 bits per heavy atom. The number of sulfone groups is 2. The second-order valence-corrected chi connectivity index (χ2v) is 20.3. The number of phenols is 1. The van der Waals surface area contributed by atoms with Crippen LogP contribution in [-0.2, 0) is 67.3 Å². The summed E-state index contributed by atoms with van der Waals surface area (Å²) in [6.07, 6.45) is 0. The largest absolute Gasteiger partial charge is 0.505 e. The summed E-state index contributed by atoms with van der Waals surface area (Å²) in [5.74, 6) is -2.86. The van der Waals surface area contributed by atoms with Gasteiger partial charge < -0.3 is 16.2 Å². The zero-order valence-electron chi connectivity index (χ0n) is 32.1. The maximum absolute atomic E-state index is 13.2. The van der Waals surface area contributed by atoms with E-state index in [1.807, 2.05) is 0 Å². The van der Waals surface area contributed by atoms with Crippen LogP contribution < -0.4 is 11.1 Å². The molecule has 0 fully saturated rings. The molecule has 5 aromatic rings. The maximum Gasteiger partial charge on any atom is 0.397 e. The summed E-state index contributed by atoms with van der Waals surface area (Å²) in [5, 5.41) is 53.3. The minimum atomic E-state index is -5.14. The minimum Gasteiger partial charge on any atom is -0.505 e. The molecule has 0 saturated heterocycles. The van der Waals surface area contributed by atoms with Crippen molar-refractivity contribution >= 4 is 115 Å². The first kappa shape index (κ1) is 50.7.